The van der Waals surface area contributed by atoms with E-state index in [1.165, 1.54) is 0 Å². The number of rotatable bonds is 4. The van der Waals surface area contributed by atoms with E-state index in [0.717, 1.165) is 40.5 Å². The van der Waals surface area contributed by atoms with Crippen LogP contribution in [0.15, 0.2) is 22.7 Å². The number of fused-ring (bicyclic) bond motifs is 1. The molecule has 144 valence electrons. The highest BCUT2D eigenvalue weighted by molar-refractivity contribution is 5.76. The molecule has 27 heavy (non-hydrogen) atoms. The van der Waals surface area contributed by atoms with Gasteiger partial charge in [-0.05, 0) is 44.4 Å². The van der Waals surface area contributed by atoms with Crippen LogP contribution < -0.4 is 9.47 Å². The minimum absolute atomic E-state index is 0.00823. The van der Waals surface area contributed by atoms with E-state index in [9.17, 15) is 9.90 Å². The van der Waals surface area contributed by atoms with Crippen molar-refractivity contribution in [1.82, 2.24) is 10.1 Å². The van der Waals surface area contributed by atoms with Crippen molar-refractivity contribution in [2.75, 3.05) is 19.9 Å². The summed E-state index contributed by atoms with van der Waals surface area (Å²) in [7, 11) is 0. The lowest BCUT2D eigenvalue weighted by atomic mass is 9.86. The Kier molecular flexibility index (Phi) is 4.78. The normalized spacial score (nSPS) is 21.5. The zero-order valence-corrected chi connectivity index (χ0v) is 15.6. The van der Waals surface area contributed by atoms with E-state index in [0.29, 0.717) is 25.9 Å². The van der Waals surface area contributed by atoms with Gasteiger partial charge in [0.2, 0.25) is 12.7 Å². The van der Waals surface area contributed by atoms with Gasteiger partial charge in [-0.25, -0.2) is 0 Å². The summed E-state index contributed by atoms with van der Waals surface area (Å²) >= 11 is 0. The molecule has 0 saturated carbocycles. The fourth-order valence-electron chi connectivity index (χ4n) is 3.94. The molecule has 7 nitrogen and oxygen atoms in total. The molecule has 1 N–H and O–H groups in total. The van der Waals surface area contributed by atoms with Crippen molar-refractivity contribution in [2.24, 2.45) is 0 Å². The van der Waals surface area contributed by atoms with E-state index < -0.39 is 6.10 Å². The molecule has 1 aromatic heterocycles. The van der Waals surface area contributed by atoms with Gasteiger partial charge in [0, 0.05) is 31.0 Å². The molecule has 0 spiro atoms. The monoisotopic (exact) mass is 372 g/mol. The van der Waals surface area contributed by atoms with E-state index in [1.54, 1.807) is 4.90 Å². The van der Waals surface area contributed by atoms with Gasteiger partial charge in [0.25, 0.3) is 0 Å². The maximum atomic E-state index is 12.6. The highest BCUT2D eigenvalue weighted by atomic mass is 16.7. The van der Waals surface area contributed by atoms with Gasteiger partial charge in [0.1, 0.15) is 5.76 Å². The molecule has 1 aromatic carbocycles. The van der Waals surface area contributed by atoms with Crippen LogP contribution in [-0.2, 0) is 11.2 Å². The van der Waals surface area contributed by atoms with Crippen LogP contribution >= 0.6 is 0 Å². The van der Waals surface area contributed by atoms with E-state index in [-0.39, 0.29) is 18.6 Å². The van der Waals surface area contributed by atoms with Crippen molar-refractivity contribution < 1.29 is 23.9 Å². The first-order chi connectivity index (χ1) is 13.0. The molecule has 0 unspecified atom stereocenters. The number of hydrogen-bond donors (Lipinski definition) is 1. The molecule has 3 heterocycles. The Morgan fingerprint density at radius 2 is 2.11 bits per heavy atom. The summed E-state index contributed by atoms with van der Waals surface area (Å²) in [5.74, 6) is 2.27. The lowest BCUT2D eigenvalue weighted by Crippen LogP contribution is -2.45. The van der Waals surface area contributed by atoms with Crippen molar-refractivity contribution in [3.05, 3.63) is 40.8 Å². The average Bonchev–Trinajstić information content (AvgIpc) is 3.25. The lowest BCUT2D eigenvalue weighted by molar-refractivity contribution is -0.134. The van der Waals surface area contributed by atoms with Gasteiger partial charge in [0.15, 0.2) is 11.5 Å². The second kappa shape index (κ2) is 7.23. The minimum Gasteiger partial charge on any atom is -0.454 e. The summed E-state index contributed by atoms with van der Waals surface area (Å²) in [5.41, 5.74) is 2.86. The summed E-state index contributed by atoms with van der Waals surface area (Å²) in [6.07, 6.45) is 1.13. The molecular weight excluding hydrogens is 348 g/mol. The standard InChI is InChI=1S/C20H24N2O5/c1-12-15(13(2)27-21-12)4-6-20(24)22-8-7-16(17(23)10-22)14-3-5-18-19(9-14)26-11-25-18/h3,5,9,16-17,23H,4,6-8,10-11H2,1-2H3/t16-,17+/m0/s1. The molecule has 4 rings (SSSR count). The van der Waals surface area contributed by atoms with Gasteiger partial charge in [-0.2, -0.15) is 0 Å². The summed E-state index contributed by atoms with van der Waals surface area (Å²) in [4.78, 5) is 14.3. The van der Waals surface area contributed by atoms with Crippen LogP contribution in [0.4, 0.5) is 0 Å². The van der Waals surface area contributed by atoms with E-state index in [4.69, 9.17) is 14.0 Å². The van der Waals surface area contributed by atoms with E-state index >= 15 is 0 Å². The Morgan fingerprint density at radius 3 is 2.85 bits per heavy atom. The number of amides is 1. The van der Waals surface area contributed by atoms with Gasteiger partial charge in [-0.1, -0.05) is 11.2 Å². The van der Waals surface area contributed by atoms with Gasteiger partial charge in [-0.15, -0.1) is 0 Å². The second-order valence-corrected chi connectivity index (χ2v) is 7.22. The SMILES string of the molecule is Cc1noc(C)c1CCC(=O)N1CC[C@@H](c2ccc3c(c2)OCO3)[C@H](O)C1. The summed E-state index contributed by atoms with van der Waals surface area (Å²) in [6.45, 7) is 4.97. The highest BCUT2D eigenvalue weighted by Gasteiger charge is 2.32. The van der Waals surface area contributed by atoms with Crippen LogP contribution in [0.5, 0.6) is 11.5 Å². The molecule has 2 aliphatic rings. The first kappa shape index (κ1) is 17.9. The zero-order valence-electron chi connectivity index (χ0n) is 15.6. The number of β-amino-alcohol motifs (C(OH)–C–C–N with tert-alkyl or cyclic N) is 1. The Morgan fingerprint density at radius 1 is 1.30 bits per heavy atom. The number of benzene rings is 1. The molecule has 0 bridgehead atoms. The van der Waals surface area contributed by atoms with E-state index in [1.807, 2.05) is 32.0 Å². The molecule has 0 radical (unpaired) electrons. The van der Waals surface area contributed by atoms with Gasteiger partial charge >= 0.3 is 0 Å². The van der Waals surface area contributed by atoms with Crippen molar-refractivity contribution in [3.8, 4) is 11.5 Å². The van der Waals surface area contributed by atoms with E-state index in [2.05, 4.69) is 5.16 Å². The van der Waals surface area contributed by atoms with Crippen molar-refractivity contribution in [1.29, 1.82) is 0 Å². The number of likely N-dealkylation sites (tertiary alicyclic amines) is 1. The smallest absolute Gasteiger partial charge is 0.231 e. The van der Waals surface area contributed by atoms with Crippen LogP contribution in [0, 0.1) is 13.8 Å². The molecule has 0 aliphatic carbocycles. The van der Waals surface area contributed by atoms with Gasteiger partial charge in [-0.3, -0.25) is 4.79 Å². The van der Waals surface area contributed by atoms with Crippen molar-refractivity contribution in [2.45, 2.75) is 45.1 Å². The number of aromatic nitrogens is 1. The third-order valence-corrected chi connectivity index (χ3v) is 5.53. The first-order valence-electron chi connectivity index (χ1n) is 9.30. The molecule has 2 aromatic rings. The number of aliphatic hydroxyl groups is 1. The fraction of sp³-hybridized carbons (Fsp3) is 0.500. The van der Waals surface area contributed by atoms with Crippen LogP contribution in [0.3, 0.4) is 0 Å². The number of carbonyl (C=O) groups excluding carboxylic acids is 1. The van der Waals surface area contributed by atoms with Crippen molar-refractivity contribution >= 4 is 5.91 Å². The number of carbonyl (C=O) groups is 1. The Hall–Kier alpha value is -2.54. The maximum Gasteiger partial charge on any atom is 0.231 e. The Balaban J connectivity index is 1.36. The lowest BCUT2D eigenvalue weighted by Gasteiger charge is -2.36. The predicted molar refractivity (Wildman–Crippen MR) is 96.8 cm³/mol. The molecule has 7 heteroatoms. The van der Waals surface area contributed by atoms with Gasteiger partial charge < -0.3 is 24.0 Å². The largest absolute Gasteiger partial charge is 0.454 e. The maximum absolute atomic E-state index is 12.6. The highest BCUT2D eigenvalue weighted by Crippen LogP contribution is 2.37. The topological polar surface area (TPSA) is 85.0 Å². The quantitative estimate of drug-likeness (QED) is 0.887. The number of hydrogen-bond acceptors (Lipinski definition) is 6. The van der Waals surface area contributed by atoms with Gasteiger partial charge in [0.05, 0.1) is 11.8 Å². The van der Waals surface area contributed by atoms with Crippen LogP contribution in [0.1, 0.15) is 41.3 Å². The predicted octanol–water partition coefficient (Wildman–Crippen LogP) is 2.33. The number of nitrogens with zero attached hydrogens (tertiary/aromatic N) is 2. The zero-order chi connectivity index (χ0) is 19.0. The van der Waals surface area contributed by atoms with Crippen LogP contribution in [0.25, 0.3) is 0 Å². The van der Waals surface area contributed by atoms with Crippen LogP contribution in [-0.4, -0.2) is 47.1 Å². The number of aliphatic hydroxyl groups excluding tert-OH is 1. The van der Waals surface area contributed by atoms with Crippen LogP contribution in [0.2, 0.25) is 0 Å². The minimum atomic E-state index is -0.595. The number of piperidine rings is 1. The molecule has 1 saturated heterocycles. The third-order valence-electron chi connectivity index (χ3n) is 5.53. The summed E-state index contributed by atoms with van der Waals surface area (Å²) in [6, 6.07) is 5.78. The average molecular weight is 372 g/mol. The molecule has 2 aliphatic heterocycles. The second-order valence-electron chi connectivity index (χ2n) is 7.22. The van der Waals surface area contributed by atoms with Crippen molar-refractivity contribution in [3.63, 3.8) is 0 Å². The third kappa shape index (κ3) is 3.51. The summed E-state index contributed by atoms with van der Waals surface area (Å²) < 4.78 is 15.9. The first-order valence-corrected chi connectivity index (χ1v) is 9.30. The Bertz CT molecular complexity index is 827. The number of aryl methyl sites for hydroxylation is 2. The summed E-state index contributed by atoms with van der Waals surface area (Å²) in [5, 5.41) is 14.6. The number of ether oxygens (including phenoxy) is 2. The fourth-order valence-corrected chi connectivity index (χ4v) is 3.94. The molecular formula is C20H24N2O5. The molecule has 1 fully saturated rings. The Labute approximate surface area is 157 Å². The molecule has 1 amide bonds. The molecule has 2 atom stereocenters.